The molecule has 0 bridgehead atoms. The molecule has 0 saturated heterocycles. The van der Waals surface area contributed by atoms with Crippen LogP contribution in [0.3, 0.4) is 0 Å². The molecule has 2 rings (SSSR count). The summed E-state index contributed by atoms with van der Waals surface area (Å²) in [6.45, 7) is 0. The number of hydrogen-bond donors (Lipinski definition) is 0. The maximum Gasteiger partial charge on any atom is 0.534 e. The second-order valence-corrected chi connectivity index (χ2v) is 7.34. The highest BCUT2D eigenvalue weighted by molar-refractivity contribution is 7.87. The standard InChI is InChI=1S/C15H13ClF3NO3S/c16-12-4-2-11(3-5-12)13-9-10(7-8-20)1-6-14(13)23-24(21,22)15(17,18)19/h2-5,10H,1,6-7,9H2. The van der Waals surface area contributed by atoms with Gasteiger partial charge in [0.25, 0.3) is 0 Å². The first-order valence-corrected chi connectivity index (χ1v) is 8.78. The summed E-state index contributed by atoms with van der Waals surface area (Å²) < 4.78 is 64.7. The molecule has 1 aliphatic carbocycles. The fraction of sp³-hybridized carbons (Fsp3) is 0.400. The molecule has 0 saturated carbocycles. The van der Waals surface area contributed by atoms with Crippen LogP contribution in [-0.2, 0) is 14.3 Å². The quantitative estimate of drug-likeness (QED) is 0.565. The number of benzene rings is 1. The molecule has 0 radical (unpaired) electrons. The van der Waals surface area contributed by atoms with Gasteiger partial charge in [0.2, 0.25) is 0 Å². The molecule has 0 N–H and O–H groups in total. The highest BCUT2D eigenvalue weighted by Gasteiger charge is 2.49. The Labute approximate surface area is 142 Å². The van der Waals surface area contributed by atoms with Gasteiger partial charge in [-0.15, -0.1) is 0 Å². The number of nitriles is 1. The zero-order chi connectivity index (χ0) is 18.0. The smallest absolute Gasteiger partial charge is 0.380 e. The Kier molecular flexibility index (Phi) is 5.45. The molecule has 0 amide bonds. The normalized spacial score (nSPS) is 19.0. The molecule has 0 aromatic heterocycles. The summed E-state index contributed by atoms with van der Waals surface area (Å²) in [6, 6.07) is 8.28. The zero-order valence-electron chi connectivity index (χ0n) is 12.3. The molecule has 130 valence electrons. The van der Waals surface area contributed by atoms with Gasteiger partial charge in [0.1, 0.15) is 5.76 Å². The van der Waals surface area contributed by atoms with E-state index < -0.39 is 15.6 Å². The molecule has 1 atom stereocenters. The van der Waals surface area contributed by atoms with E-state index in [1.54, 1.807) is 24.3 Å². The molecule has 9 heteroatoms. The molecular weight excluding hydrogens is 367 g/mol. The van der Waals surface area contributed by atoms with E-state index in [0.717, 1.165) is 0 Å². The van der Waals surface area contributed by atoms with Gasteiger partial charge in [-0.3, -0.25) is 0 Å². The fourth-order valence-electron chi connectivity index (χ4n) is 2.50. The summed E-state index contributed by atoms with van der Waals surface area (Å²) in [4.78, 5) is 0. The van der Waals surface area contributed by atoms with Crippen LogP contribution < -0.4 is 0 Å². The minimum Gasteiger partial charge on any atom is -0.380 e. The molecular formula is C15H13ClF3NO3S. The molecule has 1 aromatic rings. The van der Waals surface area contributed by atoms with Crippen molar-refractivity contribution >= 4 is 27.3 Å². The Balaban J connectivity index is 2.43. The predicted molar refractivity (Wildman–Crippen MR) is 82.0 cm³/mol. The summed E-state index contributed by atoms with van der Waals surface area (Å²) in [5, 5.41) is 9.25. The van der Waals surface area contributed by atoms with Gasteiger partial charge in [-0.05, 0) is 42.0 Å². The first-order chi connectivity index (χ1) is 11.1. The first-order valence-electron chi connectivity index (χ1n) is 6.99. The van der Waals surface area contributed by atoms with Crippen molar-refractivity contribution in [1.29, 1.82) is 5.26 Å². The van der Waals surface area contributed by atoms with Crippen molar-refractivity contribution in [3.05, 3.63) is 40.6 Å². The molecule has 1 unspecified atom stereocenters. The third-order valence-corrected chi connectivity index (χ3v) is 4.91. The number of halogens is 4. The third-order valence-electron chi connectivity index (χ3n) is 3.68. The van der Waals surface area contributed by atoms with Crippen LogP contribution in [0, 0.1) is 17.2 Å². The minimum absolute atomic E-state index is 0.0135. The van der Waals surface area contributed by atoms with E-state index in [1.807, 2.05) is 6.07 Å². The van der Waals surface area contributed by atoms with Crippen molar-refractivity contribution in [3.63, 3.8) is 0 Å². The van der Waals surface area contributed by atoms with Crippen molar-refractivity contribution in [2.45, 2.75) is 31.2 Å². The maximum absolute atomic E-state index is 12.6. The number of hydrogen-bond acceptors (Lipinski definition) is 4. The van der Waals surface area contributed by atoms with Crippen molar-refractivity contribution in [2.75, 3.05) is 0 Å². The van der Waals surface area contributed by atoms with E-state index in [9.17, 15) is 21.6 Å². The number of allylic oxidation sites excluding steroid dienone is 2. The average Bonchev–Trinajstić information content (AvgIpc) is 2.48. The second-order valence-electron chi connectivity index (χ2n) is 5.36. The van der Waals surface area contributed by atoms with Gasteiger partial charge in [-0.25, -0.2) is 0 Å². The van der Waals surface area contributed by atoms with Crippen LogP contribution in [0.5, 0.6) is 0 Å². The molecule has 0 fully saturated rings. The van der Waals surface area contributed by atoms with E-state index in [-0.39, 0.29) is 30.9 Å². The van der Waals surface area contributed by atoms with E-state index in [4.69, 9.17) is 16.9 Å². The van der Waals surface area contributed by atoms with E-state index >= 15 is 0 Å². The molecule has 1 aromatic carbocycles. The lowest BCUT2D eigenvalue weighted by Crippen LogP contribution is -2.26. The van der Waals surface area contributed by atoms with Gasteiger partial charge in [0.05, 0.1) is 6.07 Å². The van der Waals surface area contributed by atoms with Crippen LogP contribution in [0.2, 0.25) is 5.02 Å². The van der Waals surface area contributed by atoms with Gasteiger partial charge in [0, 0.05) is 17.9 Å². The second kappa shape index (κ2) is 7.03. The summed E-state index contributed by atoms with van der Waals surface area (Å²) in [7, 11) is -5.73. The van der Waals surface area contributed by atoms with Crippen LogP contribution in [0.1, 0.15) is 31.2 Å². The Morgan fingerprint density at radius 3 is 2.46 bits per heavy atom. The lowest BCUT2D eigenvalue weighted by atomic mass is 9.83. The summed E-state index contributed by atoms with van der Waals surface area (Å²) in [6.07, 6.45) is 0.890. The van der Waals surface area contributed by atoms with Gasteiger partial charge in [-0.2, -0.15) is 26.9 Å². The lowest BCUT2D eigenvalue weighted by Gasteiger charge is -2.26. The van der Waals surface area contributed by atoms with Gasteiger partial charge in [0.15, 0.2) is 0 Å². The van der Waals surface area contributed by atoms with Crippen molar-refractivity contribution < 1.29 is 25.8 Å². The summed E-state index contributed by atoms with van der Waals surface area (Å²) in [5.41, 5.74) is -4.62. The van der Waals surface area contributed by atoms with Crippen molar-refractivity contribution in [3.8, 4) is 6.07 Å². The Bertz CT molecular complexity index is 780. The van der Waals surface area contributed by atoms with Crippen molar-refractivity contribution in [2.24, 2.45) is 5.92 Å². The summed E-state index contributed by atoms with van der Waals surface area (Å²) >= 11 is 5.80. The zero-order valence-corrected chi connectivity index (χ0v) is 13.9. The van der Waals surface area contributed by atoms with E-state index in [2.05, 4.69) is 4.18 Å². The molecule has 0 heterocycles. The first kappa shape index (κ1) is 18.6. The molecule has 0 spiro atoms. The molecule has 0 aliphatic heterocycles. The highest BCUT2D eigenvalue weighted by Crippen LogP contribution is 2.40. The number of alkyl halides is 3. The SMILES string of the molecule is N#CCC1CCC(OS(=O)(=O)C(F)(F)F)=C(c2ccc(Cl)cc2)C1. The largest absolute Gasteiger partial charge is 0.534 e. The minimum atomic E-state index is -5.73. The molecule has 24 heavy (non-hydrogen) atoms. The number of nitrogens with zero attached hydrogens (tertiary/aromatic N) is 1. The van der Waals surface area contributed by atoms with Crippen LogP contribution in [-0.4, -0.2) is 13.9 Å². The van der Waals surface area contributed by atoms with E-state index in [0.29, 0.717) is 22.6 Å². The van der Waals surface area contributed by atoms with Gasteiger partial charge < -0.3 is 4.18 Å². The van der Waals surface area contributed by atoms with E-state index in [1.165, 1.54) is 0 Å². The fourth-order valence-corrected chi connectivity index (χ4v) is 3.16. The third kappa shape index (κ3) is 4.22. The van der Waals surface area contributed by atoms with Crippen LogP contribution in [0.15, 0.2) is 30.0 Å². The topological polar surface area (TPSA) is 67.2 Å². The lowest BCUT2D eigenvalue weighted by molar-refractivity contribution is -0.0524. The molecule has 1 aliphatic rings. The Morgan fingerprint density at radius 1 is 1.29 bits per heavy atom. The Morgan fingerprint density at radius 2 is 1.92 bits per heavy atom. The molecule has 4 nitrogen and oxygen atoms in total. The number of rotatable bonds is 4. The summed E-state index contributed by atoms with van der Waals surface area (Å²) in [5.74, 6) is -0.301. The monoisotopic (exact) mass is 379 g/mol. The predicted octanol–water partition coefficient (Wildman–Crippen LogP) is 4.63. The average molecular weight is 380 g/mol. The van der Waals surface area contributed by atoms with Crippen LogP contribution in [0.4, 0.5) is 13.2 Å². The van der Waals surface area contributed by atoms with Gasteiger partial charge in [-0.1, -0.05) is 23.7 Å². The van der Waals surface area contributed by atoms with Crippen molar-refractivity contribution in [1.82, 2.24) is 0 Å². The van der Waals surface area contributed by atoms with Crippen LogP contribution in [0.25, 0.3) is 5.57 Å². The van der Waals surface area contributed by atoms with Crippen LogP contribution >= 0.6 is 11.6 Å². The Hall–Kier alpha value is -1.72. The maximum atomic E-state index is 12.6. The highest BCUT2D eigenvalue weighted by atomic mass is 35.5. The van der Waals surface area contributed by atoms with Gasteiger partial charge >= 0.3 is 15.6 Å².